The van der Waals surface area contributed by atoms with E-state index in [1.54, 1.807) is 6.26 Å². The molecule has 4 saturated carbocycles. The number of piperazine rings is 1. The van der Waals surface area contributed by atoms with Crippen LogP contribution in [0.3, 0.4) is 0 Å². The average Bonchev–Trinajstić information content (AvgIpc) is 3.06. The van der Waals surface area contributed by atoms with Gasteiger partial charge >= 0.3 is 0 Å². The van der Waals surface area contributed by atoms with E-state index in [1.165, 1.54) is 38.5 Å². The molecule has 25 heavy (non-hydrogen) atoms. The monoisotopic (exact) mass is 342 g/mol. The summed E-state index contributed by atoms with van der Waals surface area (Å²) in [5, 5.41) is 0. The average molecular weight is 342 g/mol. The van der Waals surface area contributed by atoms with Crippen molar-refractivity contribution < 1.29 is 9.21 Å². The summed E-state index contributed by atoms with van der Waals surface area (Å²) >= 11 is 0. The molecule has 1 saturated heterocycles. The predicted octanol–water partition coefficient (Wildman–Crippen LogP) is 3.53. The van der Waals surface area contributed by atoms with Crippen LogP contribution in [-0.2, 0) is 11.3 Å². The minimum Gasteiger partial charge on any atom is -0.468 e. The van der Waals surface area contributed by atoms with Gasteiger partial charge in [0.15, 0.2) is 0 Å². The summed E-state index contributed by atoms with van der Waals surface area (Å²) < 4.78 is 5.45. The lowest BCUT2D eigenvalue weighted by Gasteiger charge is -2.57. The predicted molar refractivity (Wildman–Crippen MR) is 95.8 cm³/mol. The highest BCUT2D eigenvalue weighted by Gasteiger charge is 2.51. The Kier molecular flexibility index (Phi) is 3.92. The molecular weight excluding hydrogens is 312 g/mol. The van der Waals surface area contributed by atoms with Crippen LogP contribution in [0.15, 0.2) is 22.8 Å². The van der Waals surface area contributed by atoms with E-state index in [2.05, 4.69) is 9.80 Å². The number of carbonyl (C=O) groups is 1. The van der Waals surface area contributed by atoms with Gasteiger partial charge in [0.1, 0.15) is 5.76 Å². The molecule has 1 aromatic rings. The van der Waals surface area contributed by atoms with Crippen molar-refractivity contribution in [1.82, 2.24) is 9.80 Å². The molecule has 0 atom stereocenters. The van der Waals surface area contributed by atoms with Crippen LogP contribution in [0.25, 0.3) is 0 Å². The molecule has 136 valence electrons. The molecule has 4 aliphatic carbocycles. The van der Waals surface area contributed by atoms with Crippen LogP contribution in [-0.4, -0.2) is 41.9 Å². The number of furan rings is 1. The number of nitrogens with zero attached hydrogens (tertiary/aromatic N) is 2. The molecule has 4 nitrogen and oxygen atoms in total. The van der Waals surface area contributed by atoms with Gasteiger partial charge in [0.05, 0.1) is 12.8 Å². The van der Waals surface area contributed by atoms with Crippen molar-refractivity contribution in [2.75, 3.05) is 26.2 Å². The fourth-order valence-corrected chi connectivity index (χ4v) is 6.72. The standard InChI is InChI=1S/C21H30N2O2/c24-20(14-21-11-16-8-17(12-21)10-18(9-16)13-21)23-5-3-22(4-6-23)15-19-2-1-7-25-19/h1-2,7,16-18H,3-6,8-15H2. The maximum absolute atomic E-state index is 13.0. The zero-order valence-corrected chi connectivity index (χ0v) is 15.2. The first-order valence-corrected chi connectivity index (χ1v) is 10.2. The molecule has 0 aromatic carbocycles. The quantitative estimate of drug-likeness (QED) is 0.840. The highest BCUT2D eigenvalue weighted by atomic mass is 16.3. The van der Waals surface area contributed by atoms with Gasteiger partial charge in [-0.1, -0.05) is 0 Å². The Hall–Kier alpha value is -1.29. The Balaban J connectivity index is 1.16. The Morgan fingerprint density at radius 2 is 1.68 bits per heavy atom. The normalized spacial score (nSPS) is 37.6. The fourth-order valence-electron chi connectivity index (χ4n) is 6.72. The zero-order chi connectivity index (χ0) is 16.9. The summed E-state index contributed by atoms with van der Waals surface area (Å²) in [5.41, 5.74) is 0.372. The molecule has 2 heterocycles. The Morgan fingerprint density at radius 1 is 1.04 bits per heavy atom. The molecule has 5 aliphatic rings. The maximum Gasteiger partial charge on any atom is 0.223 e. The molecule has 4 bridgehead atoms. The zero-order valence-electron chi connectivity index (χ0n) is 15.2. The third-order valence-electron chi connectivity index (χ3n) is 7.38. The van der Waals surface area contributed by atoms with Crippen LogP contribution >= 0.6 is 0 Å². The molecule has 0 unspecified atom stereocenters. The van der Waals surface area contributed by atoms with Crippen molar-refractivity contribution in [3.05, 3.63) is 24.2 Å². The van der Waals surface area contributed by atoms with E-state index < -0.39 is 0 Å². The van der Waals surface area contributed by atoms with Crippen LogP contribution in [0.2, 0.25) is 0 Å². The lowest BCUT2D eigenvalue weighted by atomic mass is 9.49. The van der Waals surface area contributed by atoms with Gasteiger partial charge in [0.2, 0.25) is 5.91 Å². The van der Waals surface area contributed by atoms with Crippen LogP contribution in [0.4, 0.5) is 0 Å². The van der Waals surface area contributed by atoms with E-state index in [4.69, 9.17) is 4.42 Å². The van der Waals surface area contributed by atoms with E-state index in [9.17, 15) is 4.79 Å². The van der Waals surface area contributed by atoms with Crippen LogP contribution in [0.1, 0.15) is 50.7 Å². The van der Waals surface area contributed by atoms with E-state index in [-0.39, 0.29) is 0 Å². The highest BCUT2D eigenvalue weighted by molar-refractivity contribution is 5.77. The molecule has 5 fully saturated rings. The molecule has 1 aliphatic heterocycles. The van der Waals surface area contributed by atoms with Crippen molar-refractivity contribution in [2.45, 2.75) is 51.5 Å². The molecule has 1 aromatic heterocycles. The Labute approximate surface area is 150 Å². The van der Waals surface area contributed by atoms with Gasteiger partial charge in [-0.15, -0.1) is 0 Å². The minimum absolute atomic E-state index is 0.372. The SMILES string of the molecule is O=C(CC12CC3CC(CC(C3)C1)C2)N1CCN(Cc2ccco2)CC1. The third kappa shape index (κ3) is 3.14. The molecular formula is C21H30N2O2. The first-order valence-electron chi connectivity index (χ1n) is 10.2. The smallest absolute Gasteiger partial charge is 0.223 e. The first-order chi connectivity index (χ1) is 12.2. The number of rotatable bonds is 4. The second kappa shape index (κ2) is 6.15. The van der Waals surface area contributed by atoms with Crippen molar-refractivity contribution >= 4 is 5.91 Å². The molecule has 6 rings (SSSR count). The first kappa shape index (κ1) is 15.9. The van der Waals surface area contributed by atoms with Gasteiger partial charge in [0, 0.05) is 32.6 Å². The van der Waals surface area contributed by atoms with E-state index in [1.807, 2.05) is 12.1 Å². The van der Waals surface area contributed by atoms with E-state index >= 15 is 0 Å². The van der Waals surface area contributed by atoms with Gasteiger partial charge in [-0.05, 0) is 73.8 Å². The summed E-state index contributed by atoms with van der Waals surface area (Å²) in [5.74, 6) is 4.26. The van der Waals surface area contributed by atoms with E-state index in [0.29, 0.717) is 11.3 Å². The number of carbonyl (C=O) groups excluding carboxylic acids is 1. The van der Waals surface area contributed by atoms with Gasteiger partial charge < -0.3 is 9.32 Å². The van der Waals surface area contributed by atoms with Gasteiger partial charge in [-0.2, -0.15) is 0 Å². The number of hydrogen-bond acceptors (Lipinski definition) is 3. The fraction of sp³-hybridized carbons (Fsp3) is 0.762. The van der Waals surface area contributed by atoms with E-state index in [0.717, 1.165) is 62.7 Å². The number of amides is 1. The van der Waals surface area contributed by atoms with Crippen molar-refractivity contribution in [1.29, 1.82) is 0 Å². The maximum atomic E-state index is 13.0. The minimum atomic E-state index is 0.372. The van der Waals surface area contributed by atoms with Crippen LogP contribution in [0.5, 0.6) is 0 Å². The lowest BCUT2D eigenvalue weighted by molar-refractivity contribution is -0.141. The van der Waals surface area contributed by atoms with Gasteiger partial charge in [-0.3, -0.25) is 9.69 Å². The largest absolute Gasteiger partial charge is 0.468 e. The van der Waals surface area contributed by atoms with Gasteiger partial charge in [0.25, 0.3) is 0 Å². The van der Waals surface area contributed by atoms with Crippen molar-refractivity contribution in [2.24, 2.45) is 23.2 Å². The summed E-state index contributed by atoms with van der Waals surface area (Å²) in [4.78, 5) is 17.5. The highest BCUT2D eigenvalue weighted by Crippen LogP contribution is 2.61. The van der Waals surface area contributed by atoms with Crippen molar-refractivity contribution in [3.8, 4) is 0 Å². The van der Waals surface area contributed by atoms with Crippen molar-refractivity contribution in [3.63, 3.8) is 0 Å². The third-order valence-corrected chi connectivity index (χ3v) is 7.38. The second-order valence-corrected chi connectivity index (χ2v) is 9.33. The molecule has 0 radical (unpaired) electrons. The van der Waals surface area contributed by atoms with Crippen LogP contribution in [0, 0.1) is 23.2 Å². The molecule has 0 N–H and O–H groups in total. The molecule has 1 amide bonds. The molecule has 4 heteroatoms. The van der Waals surface area contributed by atoms with Crippen LogP contribution < -0.4 is 0 Å². The second-order valence-electron chi connectivity index (χ2n) is 9.33. The summed E-state index contributed by atoms with van der Waals surface area (Å²) in [6, 6.07) is 3.98. The summed E-state index contributed by atoms with van der Waals surface area (Å²) in [6.07, 6.45) is 10.9. The molecule has 0 spiro atoms. The summed E-state index contributed by atoms with van der Waals surface area (Å²) in [7, 11) is 0. The summed E-state index contributed by atoms with van der Waals surface area (Å²) in [6.45, 7) is 4.56. The number of hydrogen-bond donors (Lipinski definition) is 0. The Bertz CT molecular complexity index is 581. The Morgan fingerprint density at radius 3 is 2.24 bits per heavy atom. The topological polar surface area (TPSA) is 36.7 Å². The lowest BCUT2D eigenvalue weighted by Crippen LogP contribution is -2.52. The van der Waals surface area contributed by atoms with Gasteiger partial charge in [-0.25, -0.2) is 0 Å².